The van der Waals surface area contributed by atoms with Gasteiger partial charge in [-0.05, 0) is 29.7 Å². The minimum atomic E-state index is 0.844. The van der Waals surface area contributed by atoms with Gasteiger partial charge in [0.15, 0.2) is 0 Å². The summed E-state index contributed by atoms with van der Waals surface area (Å²) in [5.74, 6) is 0. The predicted octanol–water partition coefficient (Wildman–Crippen LogP) is 5.27. The predicted molar refractivity (Wildman–Crippen MR) is 90.4 cm³/mol. The van der Waals surface area contributed by atoms with Gasteiger partial charge in [-0.2, -0.15) is 0 Å². The fraction of sp³-hybridized carbons (Fsp3) is 0.100. The Morgan fingerprint density at radius 2 is 1.38 bits per heavy atom. The van der Waals surface area contributed by atoms with E-state index in [0.717, 1.165) is 6.54 Å². The lowest BCUT2D eigenvalue weighted by atomic mass is 10.0. The molecule has 3 aromatic carbocycles. The molecule has 3 aromatic rings. The first kappa shape index (κ1) is 13.4. The molecule has 0 aromatic heterocycles. The second-order valence-corrected chi connectivity index (χ2v) is 5.19. The van der Waals surface area contributed by atoms with Crippen LogP contribution in [0.3, 0.4) is 0 Å². The second-order valence-electron chi connectivity index (χ2n) is 5.19. The first-order chi connectivity index (χ1) is 10.3. The van der Waals surface area contributed by atoms with Gasteiger partial charge in [0.1, 0.15) is 0 Å². The summed E-state index contributed by atoms with van der Waals surface area (Å²) in [7, 11) is 0. The minimum absolute atomic E-state index is 0.844. The molecule has 0 unspecified atom stereocenters. The zero-order valence-corrected chi connectivity index (χ0v) is 12.2. The van der Waals surface area contributed by atoms with Crippen molar-refractivity contribution in [2.75, 3.05) is 5.32 Å². The van der Waals surface area contributed by atoms with Crippen molar-refractivity contribution in [3.8, 4) is 11.1 Å². The average molecular weight is 273 g/mol. The molecule has 21 heavy (non-hydrogen) atoms. The average Bonchev–Trinajstić information content (AvgIpc) is 2.55. The summed E-state index contributed by atoms with van der Waals surface area (Å²) < 4.78 is 0. The summed E-state index contributed by atoms with van der Waals surface area (Å²) in [6, 6.07) is 27.5. The van der Waals surface area contributed by atoms with E-state index in [1.807, 2.05) is 6.07 Å². The van der Waals surface area contributed by atoms with Gasteiger partial charge in [-0.15, -0.1) is 0 Å². The molecule has 0 aliphatic heterocycles. The first-order valence-electron chi connectivity index (χ1n) is 7.27. The molecule has 0 atom stereocenters. The Labute approximate surface area is 126 Å². The van der Waals surface area contributed by atoms with Crippen molar-refractivity contribution in [3.05, 3.63) is 90.0 Å². The van der Waals surface area contributed by atoms with Crippen LogP contribution in [0, 0.1) is 6.92 Å². The zero-order valence-electron chi connectivity index (χ0n) is 12.2. The van der Waals surface area contributed by atoms with E-state index in [1.54, 1.807) is 0 Å². The number of anilines is 1. The number of aryl methyl sites for hydroxylation is 1. The second kappa shape index (κ2) is 6.27. The summed E-state index contributed by atoms with van der Waals surface area (Å²) in [6.07, 6.45) is 0. The maximum atomic E-state index is 3.57. The Hall–Kier alpha value is -2.54. The van der Waals surface area contributed by atoms with Gasteiger partial charge >= 0.3 is 0 Å². The van der Waals surface area contributed by atoms with Crippen LogP contribution < -0.4 is 5.32 Å². The first-order valence-corrected chi connectivity index (χ1v) is 7.27. The van der Waals surface area contributed by atoms with Crippen molar-refractivity contribution < 1.29 is 0 Å². The summed E-state index contributed by atoms with van der Waals surface area (Å²) >= 11 is 0. The van der Waals surface area contributed by atoms with Crippen LogP contribution in [0.1, 0.15) is 11.1 Å². The van der Waals surface area contributed by atoms with Gasteiger partial charge in [0.25, 0.3) is 0 Å². The van der Waals surface area contributed by atoms with E-state index in [1.165, 1.54) is 27.9 Å². The third-order valence-electron chi connectivity index (χ3n) is 3.74. The van der Waals surface area contributed by atoms with Crippen molar-refractivity contribution in [2.24, 2.45) is 0 Å². The van der Waals surface area contributed by atoms with Crippen LogP contribution >= 0.6 is 0 Å². The van der Waals surface area contributed by atoms with Gasteiger partial charge in [0.05, 0.1) is 0 Å². The summed E-state index contributed by atoms with van der Waals surface area (Å²) in [5, 5.41) is 3.57. The van der Waals surface area contributed by atoms with Crippen LogP contribution in [0.15, 0.2) is 78.9 Å². The number of para-hydroxylation sites is 1. The highest BCUT2D eigenvalue weighted by Crippen LogP contribution is 2.28. The van der Waals surface area contributed by atoms with Gasteiger partial charge in [0.2, 0.25) is 0 Å². The van der Waals surface area contributed by atoms with E-state index >= 15 is 0 Å². The van der Waals surface area contributed by atoms with Crippen LogP contribution in [0.4, 0.5) is 5.69 Å². The summed E-state index contributed by atoms with van der Waals surface area (Å²) in [6.45, 7) is 3.00. The number of benzene rings is 3. The molecule has 0 saturated carbocycles. The molecule has 0 spiro atoms. The van der Waals surface area contributed by atoms with E-state index in [2.05, 4.69) is 85.0 Å². The minimum Gasteiger partial charge on any atom is -0.380 e. The summed E-state index contributed by atoms with van der Waals surface area (Å²) in [4.78, 5) is 0. The highest BCUT2D eigenvalue weighted by molar-refractivity contribution is 5.77. The molecule has 1 nitrogen and oxygen atoms in total. The van der Waals surface area contributed by atoms with Crippen LogP contribution in [-0.2, 0) is 6.54 Å². The highest BCUT2D eigenvalue weighted by atomic mass is 14.9. The maximum Gasteiger partial charge on any atom is 0.0422 e. The number of nitrogens with one attached hydrogen (secondary N) is 1. The van der Waals surface area contributed by atoms with Crippen molar-refractivity contribution in [3.63, 3.8) is 0 Å². The lowest BCUT2D eigenvalue weighted by Gasteiger charge is -2.13. The van der Waals surface area contributed by atoms with Crippen LogP contribution in [-0.4, -0.2) is 0 Å². The Balaban J connectivity index is 1.85. The van der Waals surface area contributed by atoms with E-state index in [4.69, 9.17) is 0 Å². The third-order valence-corrected chi connectivity index (χ3v) is 3.74. The topological polar surface area (TPSA) is 12.0 Å². The van der Waals surface area contributed by atoms with Crippen molar-refractivity contribution >= 4 is 5.69 Å². The van der Waals surface area contributed by atoms with Gasteiger partial charge in [-0.3, -0.25) is 0 Å². The monoisotopic (exact) mass is 273 g/mol. The fourth-order valence-electron chi connectivity index (χ4n) is 2.51. The lowest BCUT2D eigenvalue weighted by Crippen LogP contribution is -2.02. The van der Waals surface area contributed by atoms with Crippen molar-refractivity contribution in [2.45, 2.75) is 13.5 Å². The molecule has 104 valence electrons. The van der Waals surface area contributed by atoms with Crippen LogP contribution in [0.2, 0.25) is 0 Å². The number of hydrogen-bond donors (Lipinski definition) is 1. The van der Waals surface area contributed by atoms with Crippen LogP contribution in [0.25, 0.3) is 11.1 Å². The molecule has 1 heteroatoms. The molecule has 0 heterocycles. The molecule has 1 N–H and O–H groups in total. The standard InChI is InChI=1S/C20H19N/c1-16-9-5-6-12-18(16)15-21-20-14-8-7-13-19(20)17-10-3-2-4-11-17/h2-14,21H,15H2,1H3. The molecule has 0 aliphatic rings. The molecule has 3 rings (SSSR count). The van der Waals surface area contributed by atoms with Crippen molar-refractivity contribution in [1.82, 2.24) is 0 Å². The van der Waals surface area contributed by atoms with Gasteiger partial charge in [-0.1, -0.05) is 72.8 Å². The van der Waals surface area contributed by atoms with E-state index in [0.29, 0.717) is 0 Å². The number of hydrogen-bond acceptors (Lipinski definition) is 1. The van der Waals surface area contributed by atoms with Gasteiger partial charge in [0, 0.05) is 17.8 Å². The maximum absolute atomic E-state index is 3.57. The largest absolute Gasteiger partial charge is 0.380 e. The van der Waals surface area contributed by atoms with Gasteiger partial charge in [-0.25, -0.2) is 0 Å². The zero-order chi connectivity index (χ0) is 14.5. The Bertz CT molecular complexity index is 717. The summed E-state index contributed by atoms with van der Waals surface area (Å²) in [5.41, 5.74) is 6.31. The molecule has 0 bridgehead atoms. The molecule has 0 saturated heterocycles. The molecule has 0 aliphatic carbocycles. The Kier molecular flexibility index (Phi) is 4.02. The fourth-order valence-corrected chi connectivity index (χ4v) is 2.51. The highest BCUT2D eigenvalue weighted by Gasteiger charge is 2.04. The van der Waals surface area contributed by atoms with E-state index in [9.17, 15) is 0 Å². The van der Waals surface area contributed by atoms with Crippen LogP contribution in [0.5, 0.6) is 0 Å². The Morgan fingerprint density at radius 3 is 2.19 bits per heavy atom. The smallest absolute Gasteiger partial charge is 0.0422 e. The Morgan fingerprint density at radius 1 is 0.714 bits per heavy atom. The molecular formula is C20H19N. The third kappa shape index (κ3) is 3.14. The molecule has 0 radical (unpaired) electrons. The van der Waals surface area contributed by atoms with E-state index in [-0.39, 0.29) is 0 Å². The van der Waals surface area contributed by atoms with E-state index < -0.39 is 0 Å². The number of rotatable bonds is 4. The lowest BCUT2D eigenvalue weighted by molar-refractivity contribution is 1.12. The SMILES string of the molecule is Cc1ccccc1CNc1ccccc1-c1ccccc1. The molecule has 0 fully saturated rings. The van der Waals surface area contributed by atoms with Gasteiger partial charge < -0.3 is 5.32 Å². The molecular weight excluding hydrogens is 254 g/mol. The molecule has 0 amide bonds. The quantitative estimate of drug-likeness (QED) is 0.682. The van der Waals surface area contributed by atoms with Crippen molar-refractivity contribution in [1.29, 1.82) is 0 Å². The normalized spacial score (nSPS) is 10.3.